The normalized spacial score (nSPS) is 14.1. The molecule has 0 saturated heterocycles. The van der Waals surface area contributed by atoms with Crippen LogP contribution in [0.1, 0.15) is 33.1 Å². The number of aromatic nitrogens is 2. The van der Waals surface area contributed by atoms with E-state index in [2.05, 4.69) is 33.0 Å². The molecular formula is C13H22IN3O2. The van der Waals surface area contributed by atoms with Crippen LogP contribution >= 0.6 is 22.6 Å². The molecule has 19 heavy (non-hydrogen) atoms. The monoisotopic (exact) mass is 379 g/mol. The summed E-state index contributed by atoms with van der Waals surface area (Å²) in [6.07, 6.45) is 6.58. The second kappa shape index (κ2) is 7.84. The van der Waals surface area contributed by atoms with E-state index >= 15 is 0 Å². The maximum Gasteiger partial charge on any atom is 0.325 e. The van der Waals surface area contributed by atoms with Crippen LogP contribution in [-0.4, -0.2) is 34.9 Å². The van der Waals surface area contributed by atoms with Gasteiger partial charge in [0.05, 0.1) is 16.9 Å². The van der Waals surface area contributed by atoms with E-state index in [9.17, 15) is 4.79 Å². The number of carbonyl (C=O) groups is 1. The lowest BCUT2D eigenvalue weighted by Gasteiger charge is -2.27. The number of hydrogen-bond donors (Lipinski definition) is 1. The number of methoxy groups -OCH3 is 1. The van der Waals surface area contributed by atoms with Crippen LogP contribution in [0, 0.1) is 3.57 Å². The first-order chi connectivity index (χ1) is 9.01. The summed E-state index contributed by atoms with van der Waals surface area (Å²) >= 11 is 2.24. The molecule has 0 fully saturated rings. The van der Waals surface area contributed by atoms with E-state index in [1.54, 1.807) is 0 Å². The fourth-order valence-corrected chi connectivity index (χ4v) is 2.54. The highest BCUT2D eigenvalue weighted by molar-refractivity contribution is 14.1. The first-order valence-electron chi connectivity index (χ1n) is 6.53. The van der Waals surface area contributed by atoms with E-state index in [0.717, 1.165) is 35.9 Å². The third kappa shape index (κ3) is 5.10. The molecule has 108 valence electrons. The van der Waals surface area contributed by atoms with Gasteiger partial charge in [-0.15, -0.1) is 0 Å². The summed E-state index contributed by atoms with van der Waals surface area (Å²) in [6.45, 7) is 5.53. The number of rotatable bonds is 8. The molecule has 1 rings (SSSR count). The summed E-state index contributed by atoms with van der Waals surface area (Å²) in [5.41, 5.74) is -0.581. The highest BCUT2D eigenvalue weighted by Gasteiger charge is 2.32. The average molecular weight is 379 g/mol. The van der Waals surface area contributed by atoms with Gasteiger partial charge in [-0.25, -0.2) is 0 Å². The Morgan fingerprint density at radius 2 is 2.32 bits per heavy atom. The van der Waals surface area contributed by atoms with Crippen molar-refractivity contribution in [2.45, 2.75) is 45.2 Å². The Balaban J connectivity index is 2.38. The number of nitrogens with zero attached hydrogens (tertiary/aromatic N) is 2. The number of halogens is 1. The van der Waals surface area contributed by atoms with Crippen molar-refractivity contribution in [1.82, 2.24) is 15.1 Å². The van der Waals surface area contributed by atoms with Gasteiger partial charge in [-0.1, -0.05) is 6.92 Å². The van der Waals surface area contributed by atoms with Crippen molar-refractivity contribution in [3.8, 4) is 0 Å². The second-order valence-electron chi connectivity index (χ2n) is 4.73. The molecule has 0 aromatic carbocycles. The van der Waals surface area contributed by atoms with E-state index in [0.29, 0.717) is 0 Å². The van der Waals surface area contributed by atoms with Gasteiger partial charge in [0.15, 0.2) is 0 Å². The smallest absolute Gasteiger partial charge is 0.325 e. The van der Waals surface area contributed by atoms with E-state index in [1.165, 1.54) is 7.11 Å². The summed E-state index contributed by atoms with van der Waals surface area (Å²) < 4.78 is 7.94. The number of likely N-dealkylation sites (N-methyl/N-ethyl adjacent to an activating group) is 1. The van der Waals surface area contributed by atoms with Crippen LogP contribution in [0.2, 0.25) is 0 Å². The molecule has 0 radical (unpaired) electrons. The molecule has 1 N–H and O–H groups in total. The number of aryl methyl sites for hydroxylation is 1. The Labute approximate surface area is 128 Å². The number of esters is 1. The molecule has 1 aromatic rings. The van der Waals surface area contributed by atoms with Crippen LogP contribution in [0.4, 0.5) is 0 Å². The van der Waals surface area contributed by atoms with Crippen molar-refractivity contribution >= 4 is 28.6 Å². The molecule has 0 aliphatic rings. The average Bonchev–Trinajstić information content (AvgIpc) is 2.80. The van der Waals surface area contributed by atoms with Crippen molar-refractivity contribution in [2.75, 3.05) is 13.7 Å². The van der Waals surface area contributed by atoms with Gasteiger partial charge >= 0.3 is 5.97 Å². The minimum atomic E-state index is -0.581. The summed E-state index contributed by atoms with van der Waals surface area (Å²) in [5, 5.41) is 7.45. The van der Waals surface area contributed by atoms with E-state index in [4.69, 9.17) is 4.74 Å². The minimum absolute atomic E-state index is 0.192. The van der Waals surface area contributed by atoms with Gasteiger partial charge in [0.25, 0.3) is 0 Å². The third-order valence-corrected chi connectivity index (χ3v) is 3.68. The summed E-state index contributed by atoms with van der Waals surface area (Å²) in [4.78, 5) is 11.8. The summed E-state index contributed by atoms with van der Waals surface area (Å²) in [6, 6.07) is 0. The van der Waals surface area contributed by atoms with Gasteiger partial charge in [0.1, 0.15) is 5.54 Å². The van der Waals surface area contributed by atoms with E-state index in [-0.39, 0.29) is 5.97 Å². The lowest BCUT2D eigenvalue weighted by atomic mass is 9.95. The molecule has 1 aromatic heterocycles. The Bertz CT molecular complexity index is 408. The zero-order valence-corrected chi connectivity index (χ0v) is 13.9. The molecule has 0 aliphatic heterocycles. The Hall–Kier alpha value is -0.630. The van der Waals surface area contributed by atoms with Crippen LogP contribution in [0.25, 0.3) is 0 Å². The highest BCUT2D eigenvalue weighted by Crippen LogP contribution is 2.16. The number of unbranched alkanes of at least 4 members (excludes halogenated alkanes) is 1. The van der Waals surface area contributed by atoms with Crippen LogP contribution in [0.15, 0.2) is 12.4 Å². The minimum Gasteiger partial charge on any atom is -0.468 e. The van der Waals surface area contributed by atoms with Crippen LogP contribution in [-0.2, 0) is 16.1 Å². The van der Waals surface area contributed by atoms with E-state index < -0.39 is 5.54 Å². The molecule has 0 bridgehead atoms. The first-order valence-corrected chi connectivity index (χ1v) is 7.61. The number of ether oxygens (including phenoxy) is 1. The van der Waals surface area contributed by atoms with Gasteiger partial charge in [-0.05, 0) is 55.3 Å². The van der Waals surface area contributed by atoms with Crippen LogP contribution in [0.3, 0.4) is 0 Å². The zero-order chi connectivity index (χ0) is 14.3. The topological polar surface area (TPSA) is 56.2 Å². The van der Waals surface area contributed by atoms with Gasteiger partial charge in [0.2, 0.25) is 0 Å². The van der Waals surface area contributed by atoms with Gasteiger partial charge in [-0.2, -0.15) is 5.10 Å². The second-order valence-corrected chi connectivity index (χ2v) is 5.98. The van der Waals surface area contributed by atoms with E-state index in [1.807, 2.05) is 30.9 Å². The van der Waals surface area contributed by atoms with Crippen molar-refractivity contribution in [1.29, 1.82) is 0 Å². The summed E-state index contributed by atoms with van der Waals surface area (Å²) in [5.74, 6) is -0.192. The fourth-order valence-electron chi connectivity index (χ4n) is 2.09. The van der Waals surface area contributed by atoms with Crippen LogP contribution in [0.5, 0.6) is 0 Å². The first kappa shape index (κ1) is 16.4. The fraction of sp³-hybridized carbons (Fsp3) is 0.692. The Kier molecular flexibility index (Phi) is 6.78. The third-order valence-electron chi connectivity index (χ3n) is 3.12. The zero-order valence-electron chi connectivity index (χ0n) is 11.8. The van der Waals surface area contributed by atoms with Gasteiger partial charge in [-0.3, -0.25) is 9.48 Å². The molecule has 6 heteroatoms. The maximum absolute atomic E-state index is 11.8. The SMILES string of the molecule is CCNC(C)(CCCCn1cc(I)cn1)C(=O)OC. The van der Waals surface area contributed by atoms with Crippen molar-refractivity contribution in [3.05, 3.63) is 16.0 Å². The molecule has 5 nitrogen and oxygen atoms in total. The molecule has 1 heterocycles. The number of carbonyl (C=O) groups excluding carboxylic acids is 1. The van der Waals surface area contributed by atoms with Gasteiger partial charge < -0.3 is 10.1 Å². The predicted molar refractivity (Wildman–Crippen MR) is 82.9 cm³/mol. The molecule has 0 spiro atoms. The summed E-state index contributed by atoms with van der Waals surface area (Å²) in [7, 11) is 1.43. The molecule has 0 aliphatic carbocycles. The number of nitrogens with one attached hydrogen (secondary N) is 1. The molecule has 1 atom stereocenters. The predicted octanol–water partition coefficient (Wildman–Crippen LogP) is 2.20. The lowest BCUT2D eigenvalue weighted by molar-refractivity contribution is -0.148. The molecule has 0 saturated carbocycles. The van der Waals surface area contributed by atoms with Crippen molar-refractivity contribution in [3.63, 3.8) is 0 Å². The lowest BCUT2D eigenvalue weighted by Crippen LogP contribution is -2.50. The standard InChI is InChI=1S/C13H22IN3O2/c1-4-15-13(2,12(18)19-3)7-5-6-8-17-10-11(14)9-16-17/h9-10,15H,4-8H2,1-3H3. The largest absolute Gasteiger partial charge is 0.468 e. The maximum atomic E-state index is 11.8. The molecule has 0 amide bonds. The number of hydrogen-bond acceptors (Lipinski definition) is 4. The molecule has 1 unspecified atom stereocenters. The van der Waals surface area contributed by atoms with Crippen LogP contribution < -0.4 is 5.32 Å². The van der Waals surface area contributed by atoms with Crippen molar-refractivity contribution in [2.24, 2.45) is 0 Å². The van der Waals surface area contributed by atoms with Crippen molar-refractivity contribution < 1.29 is 9.53 Å². The van der Waals surface area contributed by atoms with Gasteiger partial charge in [0, 0.05) is 12.7 Å². The Morgan fingerprint density at radius 3 is 2.84 bits per heavy atom. The quantitative estimate of drug-likeness (QED) is 0.428. The highest BCUT2D eigenvalue weighted by atomic mass is 127. The molecular weight excluding hydrogens is 357 g/mol. The Morgan fingerprint density at radius 1 is 1.58 bits per heavy atom.